The fraction of sp³-hybridized carbons (Fsp3) is 0.529. The van der Waals surface area contributed by atoms with Crippen molar-refractivity contribution < 1.29 is 4.74 Å². The minimum Gasteiger partial charge on any atom is -0.469 e. The highest BCUT2D eigenvalue weighted by Crippen LogP contribution is 2.46. The number of nitrogens with one attached hydrogen (secondary N) is 2. The first-order valence-electron chi connectivity index (χ1n) is 8.43. The summed E-state index contributed by atoms with van der Waals surface area (Å²) in [5.74, 6) is 2.44. The van der Waals surface area contributed by atoms with Crippen LogP contribution in [0.25, 0.3) is 0 Å². The van der Waals surface area contributed by atoms with Crippen LogP contribution in [0.1, 0.15) is 24.2 Å². The van der Waals surface area contributed by atoms with E-state index in [2.05, 4.69) is 31.2 Å². The largest absolute Gasteiger partial charge is 0.469 e. The van der Waals surface area contributed by atoms with Gasteiger partial charge in [0.05, 0.1) is 18.4 Å². The zero-order valence-corrected chi connectivity index (χ0v) is 13.1. The van der Waals surface area contributed by atoms with Crippen LogP contribution in [0.4, 0.5) is 5.69 Å². The molecule has 4 aliphatic heterocycles. The molecule has 0 amide bonds. The highest BCUT2D eigenvalue weighted by Gasteiger charge is 2.52. The first-order valence-corrected chi connectivity index (χ1v) is 8.43. The maximum absolute atomic E-state index is 6.38. The number of hydrogen-bond acceptors (Lipinski definition) is 5. The summed E-state index contributed by atoms with van der Waals surface area (Å²) in [5, 5.41) is 3.38. The smallest absolute Gasteiger partial charge is 0.217 e. The molecule has 6 heterocycles. The van der Waals surface area contributed by atoms with Gasteiger partial charge in [0.2, 0.25) is 5.88 Å². The average molecular weight is 311 g/mol. The summed E-state index contributed by atoms with van der Waals surface area (Å²) in [5.41, 5.74) is 2.25. The number of hydrogen-bond donors (Lipinski definition) is 2. The fourth-order valence-electron chi connectivity index (χ4n) is 4.39. The van der Waals surface area contributed by atoms with Gasteiger partial charge in [-0.25, -0.2) is 9.97 Å². The Labute approximate surface area is 135 Å². The normalized spacial score (nSPS) is 31.1. The van der Waals surface area contributed by atoms with E-state index in [1.165, 1.54) is 31.5 Å². The number of imidazole rings is 1. The zero-order valence-electron chi connectivity index (χ0n) is 13.1. The molecule has 6 nitrogen and oxygen atoms in total. The Balaban J connectivity index is 1.34. The van der Waals surface area contributed by atoms with Gasteiger partial charge in [-0.05, 0) is 32.0 Å². The summed E-state index contributed by atoms with van der Waals surface area (Å²) in [6.07, 6.45) is 8.98. The van der Waals surface area contributed by atoms with Crippen LogP contribution in [-0.2, 0) is 13.0 Å². The van der Waals surface area contributed by atoms with Gasteiger partial charge in [0.25, 0.3) is 0 Å². The molecule has 0 aliphatic carbocycles. The molecule has 1 unspecified atom stereocenters. The van der Waals surface area contributed by atoms with E-state index in [-0.39, 0.29) is 5.60 Å². The number of aromatic amines is 1. The van der Waals surface area contributed by atoms with Crippen molar-refractivity contribution in [3.63, 3.8) is 0 Å². The first kappa shape index (κ1) is 13.4. The van der Waals surface area contributed by atoms with Crippen LogP contribution in [0.2, 0.25) is 0 Å². The van der Waals surface area contributed by atoms with Crippen molar-refractivity contribution in [3.05, 3.63) is 36.0 Å². The lowest BCUT2D eigenvalue weighted by molar-refractivity contribution is -0.0814. The molecule has 2 aromatic heterocycles. The number of H-pyrrole nitrogens is 1. The molecule has 120 valence electrons. The molecule has 6 heteroatoms. The molecule has 0 aromatic carbocycles. The number of ether oxygens (including phenoxy) is 1. The monoisotopic (exact) mass is 311 g/mol. The quantitative estimate of drug-likeness (QED) is 0.905. The van der Waals surface area contributed by atoms with Crippen LogP contribution >= 0.6 is 0 Å². The topological polar surface area (TPSA) is 66.1 Å². The number of fused-ring (bicyclic) bond motifs is 3. The van der Waals surface area contributed by atoms with E-state index in [1.807, 2.05) is 12.4 Å². The summed E-state index contributed by atoms with van der Waals surface area (Å²) < 4.78 is 6.38. The van der Waals surface area contributed by atoms with E-state index >= 15 is 0 Å². The van der Waals surface area contributed by atoms with Crippen molar-refractivity contribution in [1.82, 2.24) is 19.9 Å². The molecular weight excluding hydrogens is 290 g/mol. The van der Waals surface area contributed by atoms with E-state index < -0.39 is 0 Å². The second-order valence-corrected chi connectivity index (χ2v) is 6.97. The molecule has 2 N–H and O–H groups in total. The first-order chi connectivity index (χ1) is 11.3. The number of pyridine rings is 1. The molecular formula is C17H21N5O. The van der Waals surface area contributed by atoms with Crippen LogP contribution in [0.3, 0.4) is 0 Å². The van der Waals surface area contributed by atoms with Gasteiger partial charge in [-0.1, -0.05) is 0 Å². The van der Waals surface area contributed by atoms with Crippen molar-refractivity contribution >= 4 is 5.69 Å². The van der Waals surface area contributed by atoms with Crippen molar-refractivity contribution in [3.8, 4) is 5.88 Å². The third-order valence-corrected chi connectivity index (χ3v) is 5.55. The minimum atomic E-state index is -0.0224. The molecule has 3 saturated heterocycles. The maximum atomic E-state index is 6.38. The highest BCUT2D eigenvalue weighted by atomic mass is 16.5. The number of anilines is 1. The van der Waals surface area contributed by atoms with Crippen molar-refractivity contribution in [2.24, 2.45) is 5.92 Å². The number of nitrogens with zero attached hydrogens (tertiary/aromatic N) is 3. The lowest BCUT2D eigenvalue weighted by atomic mass is 9.73. The van der Waals surface area contributed by atoms with Gasteiger partial charge in [0.1, 0.15) is 11.4 Å². The molecule has 2 bridgehead atoms. The number of piperidine rings is 3. The Morgan fingerprint density at radius 1 is 1.35 bits per heavy atom. The van der Waals surface area contributed by atoms with E-state index in [0.717, 1.165) is 30.4 Å². The maximum Gasteiger partial charge on any atom is 0.217 e. The molecule has 3 fully saturated rings. The third-order valence-electron chi connectivity index (χ3n) is 5.55. The molecule has 2 aromatic rings. The van der Waals surface area contributed by atoms with Gasteiger partial charge in [-0.3, -0.25) is 4.90 Å². The van der Waals surface area contributed by atoms with Gasteiger partial charge in [-0.2, -0.15) is 0 Å². The van der Waals surface area contributed by atoms with Crippen molar-refractivity contribution in [1.29, 1.82) is 0 Å². The Hall–Kier alpha value is -2.08. The van der Waals surface area contributed by atoms with Crippen LogP contribution < -0.4 is 10.1 Å². The van der Waals surface area contributed by atoms with E-state index in [9.17, 15) is 0 Å². The Kier molecular flexibility index (Phi) is 2.88. The molecule has 0 saturated carbocycles. The van der Waals surface area contributed by atoms with Crippen LogP contribution in [0.5, 0.6) is 5.88 Å². The summed E-state index contributed by atoms with van der Waals surface area (Å²) >= 11 is 0. The molecule has 4 aliphatic rings. The van der Waals surface area contributed by atoms with Crippen LogP contribution in [-0.4, -0.2) is 45.1 Å². The van der Waals surface area contributed by atoms with E-state index in [1.54, 1.807) is 6.20 Å². The SMILES string of the molecule is c1c[nH]c(CNc2cnc3c(c2)CC2(CN4CCC2CC4)O3)n1. The number of aromatic nitrogens is 3. The molecule has 1 atom stereocenters. The third kappa shape index (κ3) is 2.20. The van der Waals surface area contributed by atoms with Gasteiger partial charge < -0.3 is 15.0 Å². The van der Waals surface area contributed by atoms with Crippen molar-refractivity contribution in [2.45, 2.75) is 31.4 Å². The number of rotatable bonds is 3. The van der Waals surface area contributed by atoms with Gasteiger partial charge in [0, 0.05) is 36.8 Å². The summed E-state index contributed by atoms with van der Waals surface area (Å²) in [6, 6.07) is 2.19. The molecule has 6 rings (SSSR count). The Bertz CT molecular complexity index is 708. The standard InChI is InChI=1S/C17H21N5O/c1-5-22-6-2-13(1)17(11-22)8-12-7-14(9-21-16(12)23-17)20-10-15-18-3-4-19-15/h3-4,7,9,13,20H,1-2,5-6,8,10-11H2,(H,18,19). The van der Waals surface area contributed by atoms with Crippen LogP contribution in [0.15, 0.2) is 24.7 Å². The highest BCUT2D eigenvalue weighted by molar-refractivity contribution is 5.49. The second-order valence-electron chi connectivity index (χ2n) is 6.97. The zero-order chi connectivity index (χ0) is 15.3. The molecule has 23 heavy (non-hydrogen) atoms. The Morgan fingerprint density at radius 2 is 2.26 bits per heavy atom. The van der Waals surface area contributed by atoms with Crippen LogP contribution in [0, 0.1) is 5.92 Å². The van der Waals surface area contributed by atoms with E-state index in [0.29, 0.717) is 12.5 Å². The van der Waals surface area contributed by atoms with E-state index in [4.69, 9.17) is 4.74 Å². The Morgan fingerprint density at radius 3 is 3.00 bits per heavy atom. The lowest BCUT2D eigenvalue weighted by Gasteiger charge is -2.50. The summed E-state index contributed by atoms with van der Waals surface area (Å²) in [4.78, 5) is 14.4. The second kappa shape index (κ2) is 4.96. The predicted molar refractivity (Wildman–Crippen MR) is 86.4 cm³/mol. The van der Waals surface area contributed by atoms with Gasteiger partial charge in [0.15, 0.2) is 0 Å². The molecule has 0 radical (unpaired) electrons. The molecule has 1 spiro atoms. The lowest BCUT2D eigenvalue weighted by Crippen LogP contribution is -2.61. The van der Waals surface area contributed by atoms with Gasteiger partial charge in [-0.15, -0.1) is 0 Å². The fourth-order valence-corrected chi connectivity index (χ4v) is 4.39. The summed E-state index contributed by atoms with van der Waals surface area (Å²) in [7, 11) is 0. The summed E-state index contributed by atoms with van der Waals surface area (Å²) in [6.45, 7) is 4.20. The average Bonchev–Trinajstić information content (AvgIpc) is 3.20. The van der Waals surface area contributed by atoms with Gasteiger partial charge >= 0.3 is 0 Å². The predicted octanol–water partition coefficient (Wildman–Crippen LogP) is 1.82. The van der Waals surface area contributed by atoms with Crippen molar-refractivity contribution in [2.75, 3.05) is 25.0 Å². The minimum absolute atomic E-state index is 0.0224.